The molecule has 0 spiro atoms. The first-order chi connectivity index (χ1) is 17.2. The number of aromatic hydroxyl groups is 1. The summed E-state index contributed by atoms with van der Waals surface area (Å²) in [6, 6.07) is 6.73. The van der Waals surface area contributed by atoms with Crippen molar-refractivity contribution in [3.63, 3.8) is 0 Å². The van der Waals surface area contributed by atoms with Crippen LogP contribution in [0, 0.1) is 15.9 Å². The summed E-state index contributed by atoms with van der Waals surface area (Å²) >= 11 is 0. The van der Waals surface area contributed by atoms with Gasteiger partial charge in [-0.3, -0.25) is 19.8 Å². The van der Waals surface area contributed by atoms with Crippen LogP contribution >= 0.6 is 0 Å². The minimum Gasteiger partial charge on any atom is -0.508 e. The first kappa shape index (κ1) is 29.0. The van der Waals surface area contributed by atoms with E-state index in [1.54, 1.807) is 32.9 Å². The van der Waals surface area contributed by atoms with Crippen LogP contribution in [0.15, 0.2) is 42.5 Å². The summed E-state index contributed by atoms with van der Waals surface area (Å²) in [6.07, 6.45) is -0.990. The van der Waals surface area contributed by atoms with Gasteiger partial charge < -0.3 is 19.9 Å². The van der Waals surface area contributed by atoms with Gasteiger partial charge in [0.2, 0.25) is 11.7 Å². The number of phenols is 1. The molecule has 0 aliphatic carbocycles. The van der Waals surface area contributed by atoms with Gasteiger partial charge in [-0.15, -0.1) is 0 Å². The number of methoxy groups -OCH3 is 1. The lowest BCUT2D eigenvalue weighted by atomic mass is 10.0. The highest BCUT2D eigenvalue weighted by Crippen LogP contribution is 2.20. The van der Waals surface area contributed by atoms with E-state index in [1.807, 2.05) is 0 Å². The summed E-state index contributed by atoms with van der Waals surface area (Å²) in [7, 11) is 2.48. The smallest absolute Gasteiger partial charge is 0.410 e. The van der Waals surface area contributed by atoms with Gasteiger partial charge in [0, 0.05) is 26.0 Å². The van der Waals surface area contributed by atoms with E-state index in [-0.39, 0.29) is 24.2 Å². The fourth-order valence-electron chi connectivity index (χ4n) is 3.39. The second kappa shape index (κ2) is 12.2. The molecule has 11 nitrogen and oxygen atoms in total. The van der Waals surface area contributed by atoms with Gasteiger partial charge in [-0.25, -0.2) is 9.59 Å². The molecule has 0 saturated heterocycles. The number of hydrogen-bond acceptors (Lipinski definition) is 8. The van der Waals surface area contributed by atoms with Crippen molar-refractivity contribution in [2.75, 3.05) is 14.2 Å². The molecular formula is C25H30FN3O8. The molecule has 2 aromatic carbocycles. The summed E-state index contributed by atoms with van der Waals surface area (Å²) in [6.45, 7) is 5.01. The van der Waals surface area contributed by atoms with E-state index in [0.29, 0.717) is 5.56 Å². The van der Waals surface area contributed by atoms with Gasteiger partial charge in [-0.2, -0.15) is 4.39 Å². The Morgan fingerprint density at radius 3 is 2.22 bits per heavy atom. The van der Waals surface area contributed by atoms with Crippen LogP contribution in [0.25, 0.3) is 0 Å². The van der Waals surface area contributed by atoms with E-state index in [1.165, 1.54) is 25.2 Å². The van der Waals surface area contributed by atoms with Crippen LogP contribution in [0.5, 0.6) is 5.75 Å². The number of rotatable bonds is 9. The van der Waals surface area contributed by atoms with E-state index < -0.39 is 52.1 Å². The lowest BCUT2D eigenvalue weighted by Gasteiger charge is -2.31. The molecule has 2 rings (SSSR count). The molecule has 2 N–H and O–H groups in total. The number of likely N-dealkylation sites (N-methyl/N-ethyl adjacent to an activating group) is 1. The summed E-state index contributed by atoms with van der Waals surface area (Å²) in [5.41, 5.74) is -0.746. The molecule has 0 aliphatic heterocycles. The van der Waals surface area contributed by atoms with Gasteiger partial charge >= 0.3 is 17.7 Å². The third kappa shape index (κ3) is 8.44. The predicted molar refractivity (Wildman–Crippen MR) is 130 cm³/mol. The van der Waals surface area contributed by atoms with Crippen molar-refractivity contribution in [2.24, 2.45) is 0 Å². The number of nitrogens with one attached hydrogen (secondary N) is 1. The number of nitro groups is 1. The average Bonchev–Trinajstić information content (AvgIpc) is 2.80. The third-order valence-corrected chi connectivity index (χ3v) is 5.27. The van der Waals surface area contributed by atoms with Crippen molar-refractivity contribution in [2.45, 2.75) is 51.3 Å². The molecule has 2 amide bonds. The molecule has 0 radical (unpaired) electrons. The topological polar surface area (TPSA) is 148 Å². The van der Waals surface area contributed by atoms with Crippen LogP contribution in [-0.2, 0) is 31.9 Å². The van der Waals surface area contributed by atoms with Gasteiger partial charge in [0.1, 0.15) is 23.4 Å². The van der Waals surface area contributed by atoms with Crippen LogP contribution in [-0.4, -0.2) is 64.7 Å². The molecule has 2 aromatic rings. The summed E-state index contributed by atoms with van der Waals surface area (Å²) in [5.74, 6) is -2.63. The van der Waals surface area contributed by atoms with Crippen LogP contribution in [0.4, 0.5) is 14.9 Å². The number of ether oxygens (including phenoxy) is 2. The maximum atomic E-state index is 14.1. The number of carbonyl (C=O) groups is 3. The number of esters is 1. The van der Waals surface area contributed by atoms with Crippen molar-refractivity contribution < 1.29 is 38.3 Å². The Kier molecular flexibility index (Phi) is 9.53. The second-order valence-corrected chi connectivity index (χ2v) is 9.31. The summed E-state index contributed by atoms with van der Waals surface area (Å²) in [5, 5.41) is 23.0. The Labute approximate surface area is 213 Å². The Morgan fingerprint density at radius 2 is 1.70 bits per heavy atom. The molecule has 0 fully saturated rings. The van der Waals surface area contributed by atoms with E-state index in [2.05, 4.69) is 5.32 Å². The van der Waals surface area contributed by atoms with Gasteiger partial charge in [-0.1, -0.05) is 18.2 Å². The fourth-order valence-corrected chi connectivity index (χ4v) is 3.39. The molecular weight excluding hydrogens is 489 g/mol. The highest BCUT2D eigenvalue weighted by Gasteiger charge is 2.33. The normalized spacial score (nSPS) is 12.7. The molecule has 1 unspecified atom stereocenters. The fraction of sp³-hybridized carbons (Fsp3) is 0.400. The Bertz CT molecular complexity index is 1150. The molecule has 0 saturated carbocycles. The largest absolute Gasteiger partial charge is 0.508 e. The van der Waals surface area contributed by atoms with Gasteiger partial charge in [0.25, 0.3) is 0 Å². The molecule has 0 heterocycles. The SMILES string of the molecule is COC(=O)C(Cc1ccc([N+](=O)[O-])c(F)c1)NC(=O)[C@H](Cc1ccc(O)cc1)N(C)C(=O)OC(C)(C)C. The number of carbonyl (C=O) groups excluding carboxylic acids is 3. The van der Waals surface area contributed by atoms with Crippen LogP contribution in [0.3, 0.4) is 0 Å². The quantitative estimate of drug-likeness (QED) is 0.292. The molecule has 2 atom stereocenters. The number of nitro benzene ring substituents is 1. The van der Waals surface area contributed by atoms with E-state index >= 15 is 0 Å². The molecule has 37 heavy (non-hydrogen) atoms. The Hall–Kier alpha value is -4.22. The van der Waals surface area contributed by atoms with E-state index in [0.717, 1.165) is 24.1 Å². The maximum Gasteiger partial charge on any atom is 0.410 e. The Balaban J connectivity index is 2.33. The molecule has 12 heteroatoms. The molecule has 200 valence electrons. The first-order valence-electron chi connectivity index (χ1n) is 11.3. The van der Waals surface area contributed by atoms with Gasteiger partial charge in [0.15, 0.2) is 0 Å². The zero-order chi connectivity index (χ0) is 27.9. The maximum absolute atomic E-state index is 14.1. The van der Waals surface area contributed by atoms with Crippen molar-refractivity contribution >= 4 is 23.7 Å². The van der Waals surface area contributed by atoms with Crippen molar-refractivity contribution in [3.8, 4) is 5.75 Å². The molecule has 0 aromatic heterocycles. The zero-order valence-electron chi connectivity index (χ0n) is 21.2. The third-order valence-electron chi connectivity index (χ3n) is 5.27. The minimum absolute atomic E-state index is 0.0158. The molecule has 0 bridgehead atoms. The van der Waals surface area contributed by atoms with Crippen molar-refractivity contribution in [1.29, 1.82) is 0 Å². The number of amides is 2. The second-order valence-electron chi connectivity index (χ2n) is 9.31. The number of nitrogens with zero attached hydrogens (tertiary/aromatic N) is 2. The predicted octanol–water partition coefficient (Wildman–Crippen LogP) is 3.12. The average molecular weight is 520 g/mol. The number of hydrogen-bond donors (Lipinski definition) is 2. The lowest BCUT2D eigenvalue weighted by molar-refractivity contribution is -0.387. The molecule has 0 aliphatic rings. The van der Waals surface area contributed by atoms with Crippen LogP contribution < -0.4 is 5.32 Å². The van der Waals surface area contributed by atoms with Crippen molar-refractivity contribution in [3.05, 3.63) is 69.5 Å². The summed E-state index contributed by atoms with van der Waals surface area (Å²) in [4.78, 5) is 49.7. The number of benzene rings is 2. The van der Waals surface area contributed by atoms with Crippen LogP contribution in [0.2, 0.25) is 0 Å². The zero-order valence-corrected chi connectivity index (χ0v) is 21.2. The highest BCUT2D eigenvalue weighted by molar-refractivity contribution is 5.90. The monoisotopic (exact) mass is 519 g/mol. The van der Waals surface area contributed by atoms with Crippen LogP contribution in [0.1, 0.15) is 31.9 Å². The minimum atomic E-state index is -1.28. The van der Waals surface area contributed by atoms with Gasteiger partial charge in [-0.05, 0) is 50.1 Å². The van der Waals surface area contributed by atoms with Crippen molar-refractivity contribution in [1.82, 2.24) is 10.2 Å². The first-order valence-corrected chi connectivity index (χ1v) is 11.3. The standard InChI is InChI=1S/C25H30FN3O8/c1-25(2,3)37-24(33)28(4)21(14-15-6-9-17(30)10-7-15)22(31)27-19(23(32)36-5)13-16-8-11-20(29(34)35)18(26)12-16/h6-12,19,21,30H,13-14H2,1-5H3,(H,27,31)/t19?,21-/m0/s1. The van der Waals surface area contributed by atoms with E-state index in [4.69, 9.17) is 9.47 Å². The highest BCUT2D eigenvalue weighted by atomic mass is 19.1. The number of halogens is 1. The lowest BCUT2D eigenvalue weighted by Crippen LogP contribution is -2.54. The van der Waals surface area contributed by atoms with E-state index in [9.17, 15) is 34.0 Å². The van der Waals surface area contributed by atoms with Gasteiger partial charge in [0.05, 0.1) is 12.0 Å². The Morgan fingerprint density at radius 1 is 1.11 bits per heavy atom. The number of phenolic OH excluding ortho intramolecular Hbond substituents is 1. The summed E-state index contributed by atoms with van der Waals surface area (Å²) < 4.78 is 24.3.